The third-order valence-corrected chi connectivity index (χ3v) is 8.22. The average Bonchev–Trinajstić information content (AvgIpc) is 3.13. The normalized spacial score (nSPS) is 25.6. The van der Waals surface area contributed by atoms with E-state index in [1.807, 2.05) is 6.07 Å². The summed E-state index contributed by atoms with van der Waals surface area (Å²) in [5.74, 6) is -0.581. The summed E-state index contributed by atoms with van der Waals surface area (Å²) in [4.78, 5) is 4.63. The first-order valence-electron chi connectivity index (χ1n) is 12.2. The van der Waals surface area contributed by atoms with E-state index in [0.29, 0.717) is 17.6 Å². The molecule has 3 nitrogen and oxygen atoms in total. The molecule has 0 spiro atoms. The van der Waals surface area contributed by atoms with E-state index in [0.717, 1.165) is 44.2 Å². The molecule has 2 fully saturated rings. The Morgan fingerprint density at radius 2 is 1.83 bits per heavy atom. The Bertz CT molecular complexity index is 1060. The van der Waals surface area contributed by atoms with Crippen LogP contribution in [0.15, 0.2) is 42.5 Å². The number of hydrogen-bond donors (Lipinski definition) is 1. The highest BCUT2D eigenvalue weighted by atomic mass is 32.1. The van der Waals surface area contributed by atoms with Gasteiger partial charge in [-0.3, -0.25) is 4.90 Å². The van der Waals surface area contributed by atoms with Crippen LogP contribution in [0.3, 0.4) is 0 Å². The molecule has 0 radical (unpaired) electrons. The summed E-state index contributed by atoms with van der Waals surface area (Å²) in [7, 11) is 1.76. The molecule has 8 heteroatoms. The summed E-state index contributed by atoms with van der Waals surface area (Å²) in [5.41, 5.74) is 1.78. The highest BCUT2D eigenvalue weighted by Crippen LogP contribution is 2.41. The maximum Gasteiger partial charge on any atom is 0.416 e. The van der Waals surface area contributed by atoms with Crippen LogP contribution in [0.25, 0.3) is 0 Å². The minimum absolute atomic E-state index is 0.0471. The van der Waals surface area contributed by atoms with Gasteiger partial charge in [0.25, 0.3) is 0 Å². The third kappa shape index (κ3) is 5.87. The van der Waals surface area contributed by atoms with E-state index >= 15 is 0 Å². The lowest BCUT2D eigenvalue weighted by molar-refractivity contribution is -0.137. The van der Waals surface area contributed by atoms with Crippen molar-refractivity contribution in [1.82, 2.24) is 9.80 Å². The average molecular weight is 509 g/mol. The molecular weight excluding hydrogens is 476 g/mol. The quantitative estimate of drug-likeness (QED) is 0.389. The predicted molar refractivity (Wildman–Crippen MR) is 132 cm³/mol. The van der Waals surface area contributed by atoms with E-state index in [9.17, 15) is 22.7 Å². The van der Waals surface area contributed by atoms with Crippen molar-refractivity contribution in [2.45, 2.75) is 69.9 Å². The molecule has 2 aromatic rings. The van der Waals surface area contributed by atoms with Gasteiger partial charge >= 0.3 is 6.18 Å². The van der Waals surface area contributed by atoms with Crippen LogP contribution in [-0.4, -0.2) is 45.8 Å². The predicted octanol–water partition coefficient (Wildman–Crippen LogP) is 6.28. The molecule has 2 aliphatic rings. The van der Waals surface area contributed by atoms with Crippen LogP contribution in [0.5, 0.6) is 0 Å². The first-order chi connectivity index (χ1) is 16.5. The molecule has 4 unspecified atom stereocenters. The van der Waals surface area contributed by atoms with Gasteiger partial charge in [0.15, 0.2) is 0 Å². The molecule has 2 heterocycles. The van der Waals surface area contributed by atoms with Crippen LogP contribution in [0.1, 0.15) is 60.3 Å². The Morgan fingerprint density at radius 1 is 1.09 bits per heavy atom. The van der Waals surface area contributed by atoms with Gasteiger partial charge in [-0.15, -0.1) is 0 Å². The number of aryl methyl sites for hydroxylation is 1. The fraction of sp³-hybridized carbons (Fsp3) is 0.519. The fourth-order valence-electron chi connectivity index (χ4n) is 5.82. The summed E-state index contributed by atoms with van der Waals surface area (Å²) >= 11 is 5.80. The number of rotatable bonds is 4. The molecule has 0 aliphatic carbocycles. The number of halogens is 4. The van der Waals surface area contributed by atoms with Gasteiger partial charge in [0.1, 0.15) is 12.0 Å². The van der Waals surface area contributed by atoms with Gasteiger partial charge in [-0.1, -0.05) is 36.5 Å². The van der Waals surface area contributed by atoms with Crippen LogP contribution in [0.4, 0.5) is 17.6 Å². The molecule has 0 bridgehead atoms. The van der Waals surface area contributed by atoms with E-state index in [4.69, 9.17) is 12.2 Å². The monoisotopic (exact) mass is 508 g/mol. The van der Waals surface area contributed by atoms with Gasteiger partial charge in [0, 0.05) is 32.1 Å². The van der Waals surface area contributed by atoms with E-state index in [2.05, 4.69) is 30.0 Å². The van der Waals surface area contributed by atoms with Crippen molar-refractivity contribution in [2.75, 3.05) is 13.6 Å². The molecule has 2 aliphatic heterocycles. The largest absolute Gasteiger partial charge is 0.416 e. The number of benzene rings is 2. The molecule has 4 rings (SSSR count). The Balaban J connectivity index is 1.52. The van der Waals surface area contributed by atoms with Crippen molar-refractivity contribution in [3.63, 3.8) is 0 Å². The van der Waals surface area contributed by atoms with E-state index in [1.54, 1.807) is 11.9 Å². The lowest BCUT2D eigenvalue weighted by Crippen LogP contribution is -2.44. The second kappa shape index (κ2) is 10.5. The number of aliphatic hydroxyl groups is 1. The highest BCUT2D eigenvalue weighted by molar-refractivity contribution is 7.80. The first-order valence-corrected chi connectivity index (χ1v) is 12.6. The SMILES string of the molecule is Cc1ccccc1C1CCC(C(=S)N(C)Cc2cc(F)cc(C(F)(F)F)c2)CCN2C(O)CCC12. The van der Waals surface area contributed by atoms with Crippen LogP contribution in [0.2, 0.25) is 0 Å². The molecule has 1 N–H and O–H groups in total. The summed E-state index contributed by atoms with van der Waals surface area (Å²) in [5, 5.41) is 10.7. The van der Waals surface area contributed by atoms with E-state index in [-0.39, 0.29) is 30.0 Å². The molecule has 2 saturated heterocycles. The Morgan fingerprint density at radius 3 is 2.54 bits per heavy atom. The van der Waals surface area contributed by atoms with Crippen molar-refractivity contribution in [3.8, 4) is 0 Å². The van der Waals surface area contributed by atoms with Gasteiger partial charge in [-0.25, -0.2) is 4.39 Å². The topological polar surface area (TPSA) is 26.7 Å². The lowest BCUT2D eigenvalue weighted by atomic mass is 9.80. The zero-order valence-electron chi connectivity index (χ0n) is 20.1. The second-order valence-electron chi connectivity index (χ2n) is 9.93. The zero-order valence-corrected chi connectivity index (χ0v) is 20.9. The molecule has 0 aromatic heterocycles. The van der Waals surface area contributed by atoms with Crippen molar-refractivity contribution in [3.05, 3.63) is 70.5 Å². The number of fused-ring (bicyclic) bond motifs is 1. The number of hydrogen-bond acceptors (Lipinski definition) is 3. The van der Waals surface area contributed by atoms with Gasteiger partial charge in [0.2, 0.25) is 0 Å². The standard InChI is InChI=1S/C27H32F4N2OS/c1-17-5-3-4-6-22(17)23-8-7-19(11-12-33-24(23)9-10-25(33)34)26(35)32(2)16-18-13-20(27(29,30)31)15-21(28)14-18/h3-6,13-15,19,23-25,34H,7-12,16H2,1-2H3. The Hall–Kier alpha value is -2.03. The Labute approximate surface area is 209 Å². The first kappa shape index (κ1) is 26.0. The minimum atomic E-state index is -4.60. The van der Waals surface area contributed by atoms with Gasteiger partial charge in [-0.2, -0.15) is 13.2 Å². The smallest absolute Gasteiger partial charge is 0.378 e. The molecule has 2 aromatic carbocycles. The molecule has 0 saturated carbocycles. The van der Waals surface area contributed by atoms with Gasteiger partial charge < -0.3 is 10.0 Å². The fourth-order valence-corrected chi connectivity index (χ4v) is 6.12. The second-order valence-corrected chi connectivity index (χ2v) is 10.3. The van der Waals surface area contributed by atoms with Crippen molar-refractivity contribution in [1.29, 1.82) is 0 Å². The van der Waals surface area contributed by atoms with Crippen molar-refractivity contribution in [2.24, 2.45) is 5.92 Å². The number of aliphatic hydroxyl groups excluding tert-OH is 1. The summed E-state index contributed by atoms with van der Waals surface area (Å²) in [6, 6.07) is 11.3. The minimum Gasteiger partial charge on any atom is -0.378 e. The van der Waals surface area contributed by atoms with E-state index in [1.165, 1.54) is 11.1 Å². The van der Waals surface area contributed by atoms with Crippen LogP contribution < -0.4 is 0 Å². The molecule has 190 valence electrons. The van der Waals surface area contributed by atoms with Crippen LogP contribution in [-0.2, 0) is 12.7 Å². The Kier molecular flexibility index (Phi) is 7.83. The van der Waals surface area contributed by atoms with E-state index < -0.39 is 23.8 Å². The lowest BCUT2D eigenvalue weighted by Gasteiger charge is -2.39. The summed E-state index contributed by atoms with van der Waals surface area (Å²) < 4.78 is 53.3. The highest BCUT2D eigenvalue weighted by Gasteiger charge is 2.40. The third-order valence-electron chi connectivity index (χ3n) is 7.57. The maximum atomic E-state index is 13.9. The molecule has 0 amide bonds. The van der Waals surface area contributed by atoms with Gasteiger partial charge in [-0.05, 0) is 79.8 Å². The van der Waals surface area contributed by atoms with Crippen molar-refractivity contribution >= 4 is 17.2 Å². The molecule has 35 heavy (non-hydrogen) atoms. The molecule has 4 atom stereocenters. The summed E-state index contributed by atoms with van der Waals surface area (Å²) in [6.45, 7) is 2.94. The number of thiocarbonyl (C=S) groups is 1. The van der Waals surface area contributed by atoms with Crippen molar-refractivity contribution < 1.29 is 22.7 Å². The maximum absolute atomic E-state index is 13.9. The van der Waals surface area contributed by atoms with Crippen LogP contribution in [0, 0.1) is 18.7 Å². The number of nitrogens with zero attached hydrogens (tertiary/aromatic N) is 2. The van der Waals surface area contributed by atoms with Gasteiger partial charge in [0.05, 0.1) is 10.6 Å². The van der Waals surface area contributed by atoms with Crippen LogP contribution >= 0.6 is 12.2 Å². The number of alkyl halides is 3. The molecular formula is C27H32F4N2OS. The zero-order chi connectivity index (χ0) is 25.3. The summed E-state index contributed by atoms with van der Waals surface area (Å²) in [6.07, 6.45) is -0.819.